The Hall–Kier alpha value is -1.96. The van der Waals surface area contributed by atoms with Crippen molar-refractivity contribution in [2.24, 2.45) is 0 Å². The molecule has 0 bridgehead atoms. The Morgan fingerprint density at radius 1 is 0.792 bits per heavy atom. The number of nitrogens with zero attached hydrogens (tertiary/aromatic N) is 1. The fraction of sp³-hybridized carbons (Fsp3) is 0.455. The van der Waals surface area contributed by atoms with Crippen molar-refractivity contribution in [1.82, 2.24) is 0 Å². The third-order valence-corrected chi connectivity index (χ3v) is 4.44. The van der Waals surface area contributed by atoms with E-state index < -0.39 is 0 Å². The van der Waals surface area contributed by atoms with Gasteiger partial charge in [0.05, 0.1) is 7.11 Å². The lowest BCUT2D eigenvalue weighted by molar-refractivity contribution is 0.415. The van der Waals surface area contributed by atoms with Gasteiger partial charge in [0.1, 0.15) is 5.75 Å². The van der Waals surface area contributed by atoms with E-state index in [4.69, 9.17) is 4.74 Å². The Bertz CT molecular complexity index is 550. The van der Waals surface area contributed by atoms with Crippen LogP contribution in [0, 0.1) is 0 Å². The molecule has 0 heterocycles. The zero-order chi connectivity index (χ0) is 17.0. The van der Waals surface area contributed by atoms with Crippen LogP contribution in [0.2, 0.25) is 0 Å². The highest BCUT2D eigenvalue weighted by Gasteiger charge is 2.07. The van der Waals surface area contributed by atoms with Gasteiger partial charge in [0.25, 0.3) is 0 Å². The van der Waals surface area contributed by atoms with E-state index in [1.54, 1.807) is 7.11 Å². The van der Waals surface area contributed by atoms with Gasteiger partial charge in [0.15, 0.2) is 0 Å². The zero-order valence-electron chi connectivity index (χ0n) is 15.2. The minimum Gasteiger partial charge on any atom is -0.497 e. The first-order chi connectivity index (χ1) is 11.8. The Kier molecular flexibility index (Phi) is 8.23. The van der Waals surface area contributed by atoms with Gasteiger partial charge >= 0.3 is 0 Å². The molecule has 0 amide bonds. The van der Waals surface area contributed by atoms with Crippen LogP contribution in [0.1, 0.15) is 51.0 Å². The number of hydrogen-bond acceptors (Lipinski definition) is 2. The Morgan fingerprint density at radius 3 is 2.12 bits per heavy atom. The predicted molar refractivity (Wildman–Crippen MR) is 104 cm³/mol. The second kappa shape index (κ2) is 10.7. The Labute approximate surface area is 147 Å². The van der Waals surface area contributed by atoms with Gasteiger partial charge in [-0.25, -0.2) is 0 Å². The van der Waals surface area contributed by atoms with E-state index in [0.29, 0.717) is 0 Å². The van der Waals surface area contributed by atoms with Crippen molar-refractivity contribution in [3.8, 4) is 5.75 Å². The summed E-state index contributed by atoms with van der Waals surface area (Å²) in [6.07, 6.45) is 7.98. The molecule has 0 spiro atoms. The zero-order valence-corrected chi connectivity index (χ0v) is 15.2. The maximum Gasteiger partial charge on any atom is 0.119 e. The summed E-state index contributed by atoms with van der Waals surface area (Å²) in [5.41, 5.74) is 2.63. The van der Waals surface area contributed by atoms with Gasteiger partial charge in [-0.15, -0.1) is 0 Å². The molecule has 130 valence electrons. The highest BCUT2D eigenvalue weighted by atomic mass is 16.5. The lowest BCUT2D eigenvalue weighted by Gasteiger charge is -2.25. The topological polar surface area (TPSA) is 12.5 Å². The normalized spacial score (nSPS) is 10.6. The summed E-state index contributed by atoms with van der Waals surface area (Å²) in [6, 6.07) is 19.2. The molecule has 2 rings (SSSR count). The van der Waals surface area contributed by atoms with E-state index >= 15 is 0 Å². The predicted octanol–water partition coefficient (Wildman–Crippen LogP) is 6.06. The highest BCUT2D eigenvalue weighted by molar-refractivity contribution is 5.49. The van der Waals surface area contributed by atoms with Crippen LogP contribution in [-0.2, 0) is 6.54 Å². The van der Waals surface area contributed by atoms with Gasteiger partial charge in [-0.05, 0) is 36.2 Å². The molecule has 2 heteroatoms. The third kappa shape index (κ3) is 6.27. The summed E-state index contributed by atoms with van der Waals surface area (Å²) in [4.78, 5) is 2.48. The molecule has 0 saturated heterocycles. The van der Waals surface area contributed by atoms with Crippen LogP contribution in [0.25, 0.3) is 0 Å². The van der Waals surface area contributed by atoms with E-state index in [1.165, 1.54) is 49.8 Å². The summed E-state index contributed by atoms with van der Waals surface area (Å²) in [5, 5.41) is 0. The van der Waals surface area contributed by atoms with Crippen molar-refractivity contribution in [3.05, 3.63) is 60.2 Å². The Morgan fingerprint density at radius 2 is 1.46 bits per heavy atom. The summed E-state index contributed by atoms with van der Waals surface area (Å²) in [6.45, 7) is 4.33. The van der Waals surface area contributed by atoms with Crippen molar-refractivity contribution in [2.45, 2.75) is 52.0 Å². The highest BCUT2D eigenvalue weighted by Crippen LogP contribution is 2.22. The van der Waals surface area contributed by atoms with Gasteiger partial charge in [-0.3, -0.25) is 0 Å². The van der Waals surface area contributed by atoms with Crippen LogP contribution < -0.4 is 9.64 Å². The lowest BCUT2D eigenvalue weighted by Crippen LogP contribution is -2.23. The molecular weight excluding hydrogens is 294 g/mol. The molecule has 24 heavy (non-hydrogen) atoms. The van der Waals surface area contributed by atoms with Crippen LogP contribution in [0.3, 0.4) is 0 Å². The molecule has 0 N–H and O–H groups in total. The molecule has 2 aromatic rings. The van der Waals surface area contributed by atoms with Crippen LogP contribution in [0.5, 0.6) is 5.75 Å². The van der Waals surface area contributed by atoms with Crippen LogP contribution in [0.15, 0.2) is 54.6 Å². The minimum absolute atomic E-state index is 0.915. The quantitative estimate of drug-likeness (QED) is 0.465. The number of unbranched alkanes of at least 4 members (excludes halogenated alkanes) is 5. The smallest absolute Gasteiger partial charge is 0.119 e. The number of benzene rings is 2. The monoisotopic (exact) mass is 325 g/mol. The van der Waals surface area contributed by atoms with Crippen molar-refractivity contribution in [2.75, 3.05) is 18.6 Å². The van der Waals surface area contributed by atoms with Crippen molar-refractivity contribution >= 4 is 5.69 Å². The van der Waals surface area contributed by atoms with Gasteiger partial charge in [0, 0.05) is 18.8 Å². The first-order valence-electron chi connectivity index (χ1n) is 9.26. The minimum atomic E-state index is 0.915. The summed E-state index contributed by atoms with van der Waals surface area (Å²) >= 11 is 0. The summed E-state index contributed by atoms with van der Waals surface area (Å²) in [7, 11) is 1.72. The van der Waals surface area contributed by atoms with Crippen molar-refractivity contribution < 1.29 is 4.74 Å². The first kappa shape index (κ1) is 18.4. The van der Waals surface area contributed by atoms with E-state index in [0.717, 1.165) is 18.8 Å². The molecule has 0 fully saturated rings. The Balaban J connectivity index is 1.95. The van der Waals surface area contributed by atoms with Crippen molar-refractivity contribution in [3.63, 3.8) is 0 Å². The van der Waals surface area contributed by atoms with Crippen molar-refractivity contribution in [1.29, 1.82) is 0 Å². The fourth-order valence-corrected chi connectivity index (χ4v) is 2.98. The largest absolute Gasteiger partial charge is 0.497 e. The number of anilines is 1. The molecule has 0 unspecified atom stereocenters. The third-order valence-electron chi connectivity index (χ3n) is 4.44. The SMILES string of the molecule is CCCCCCCCN(Cc1ccccc1)c1ccc(OC)cc1. The molecule has 2 aromatic carbocycles. The average Bonchev–Trinajstić information content (AvgIpc) is 2.64. The summed E-state index contributed by atoms with van der Waals surface area (Å²) < 4.78 is 5.28. The van der Waals surface area contributed by atoms with Gasteiger partial charge in [0.2, 0.25) is 0 Å². The van der Waals surface area contributed by atoms with E-state index in [9.17, 15) is 0 Å². The maximum atomic E-state index is 5.28. The molecule has 0 aliphatic carbocycles. The maximum absolute atomic E-state index is 5.28. The molecular formula is C22H31NO. The average molecular weight is 325 g/mol. The van der Waals surface area contributed by atoms with Gasteiger partial charge in [-0.2, -0.15) is 0 Å². The number of hydrogen-bond donors (Lipinski definition) is 0. The lowest BCUT2D eigenvalue weighted by atomic mass is 10.1. The molecule has 0 aromatic heterocycles. The van der Waals surface area contributed by atoms with Gasteiger partial charge < -0.3 is 9.64 Å². The fourth-order valence-electron chi connectivity index (χ4n) is 2.98. The molecule has 0 saturated carbocycles. The van der Waals surface area contributed by atoms with Gasteiger partial charge in [-0.1, -0.05) is 69.4 Å². The second-order valence-electron chi connectivity index (χ2n) is 6.37. The van der Waals surface area contributed by atoms with E-state index in [1.807, 2.05) is 0 Å². The molecule has 0 aliphatic heterocycles. The van der Waals surface area contributed by atoms with Crippen LogP contribution >= 0.6 is 0 Å². The first-order valence-corrected chi connectivity index (χ1v) is 9.26. The standard InChI is InChI=1S/C22H31NO/c1-3-4-5-6-7-11-18-23(19-20-12-9-8-10-13-20)21-14-16-22(24-2)17-15-21/h8-10,12-17H,3-7,11,18-19H2,1-2H3. The van der Waals surface area contributed by atoms with Crippen LogP contribution in [0.4, 0.5) is 5.69 Å². The number of ether oxygens (including phenoxy) is 1. The number of rotatable bonds is 11. The second-order valence-corrected chi connectivity index (χ2v) is 6.37. The molecule has 2 nitrogen and oxygen atoms in total. The summed E-state index contributed by atoms with van der Waals surface area (Å²) in [5.74, 6) is 0.915. The van der Waals surface area contributed by atoms with E-state index in [-0.39, 0.29) is 0 Å². The van der Waals surface area contributed by atoms with Crippen LogP contribution in [-0.4, -0.2) is 13.7 Å². The molecule has 0 aliphatic rings. The molecule has 0 atom stereocenters. The van der Waals surface area contributed by atoms with E-state index in [2.05, 4.69) is 66.4 Å². The number of methoxy groups -OCH3 is 1. The molecule has 0 radical (unpaired) electrons.